The average Bonchev–Trinajstić information content (AvgIpc) is 3.16. The van der Waals surface area contributed by atoms with Gasteiger partial charge in [-0.05, 0) is 46.5 Å². The van der Waals surface area contributed by atoms with Gasteiger partial charge in [0, 0.05) is 4.91 Å². The molecular formula is C39H38N3O8P. The summed E-state index contributed by atoms with van der Waals surface area (Å²) >= 11 is 0. The fourth-order valence-corrected chi connectivity index (χ4v) is 6.81. The first-order chi connectivity index (χ1) is 25.1. The van der Waals surface area contributed by atoms with Crippen molar-refractivity contribution < 1.29 is 37.1 Å². The number of phosphoric ester groups is 1. The van der Waals surface area contributed by atoms with Gasteiger partial charge >= 0.3 is 7.82 Å². The largest absolute Gasteiger partial charge is 0.589 e. The molecule has 1 fully saturated rings. The Morgan fingerprint density at radius 2 is 1.04 bits per heavy atom. The van der Waals surface area contributed by atoms with E-state index in [9.17, 15) is 10.1 Å². The van der Waals surface area contributed by atoms with Gasteiger partial charge in [-0.1, -0.05) is 133 Å². The molecule has 0 amide bonds. The summed E-state index contributed by atoms with van der Waals surface area (Å²) in [4.78, 5) is 3.12. The molecule has 12 heteroatoms. The molecule has 6 rings (SSSR count). The Bertz CT molecular complexity index is 1810. The maximum Gasteiger partial charge on any atom is 0.589 e. The normalized spacial score (nSPS) is 20.2. The summed E-state index contributed by atoms with van der Waals surface area (Å²) in [5, 5.41) is 4.08. The van der Waals surface area contributed by atoms with E-state index in [0.717, 1.165) is 16.7 Å². The van der Waals surface area contributed by atoms with E-state index in [4.69, 9.17) is 32.5 Å². The summed E-state index contributed by atoms with van der Waals surface area (Å²) in [6, 6.07) is 44.7. The Morgan fingerprint density at radius 3 is 1.51 bits per heavy atom. The van der Waals surface area contributed by atoms with Crippen LogP contribution in [0.5, 0.6) is 11.5 Å². The van der Waals surface area contributed by atoms with Crippen LogP contribution in [0.1, 0.15) is 16.7 Å². The fourth-order valence-electron chi connectivity index (χ4n) is 5.50. The lowest BCUT2D eigenvalue weighted by Gasteiger charge is -2.44. The van der Waals surface area contributed by atoms with Crippen LogP contribution in [0.2, 0.25) is 0 Å². The van der Waals surface area contributed by atoms with Crippen LogP contribution in [0.25, 0.3) is 10.4 Å². The molecule has 0 unspecified atom stereocenters. The number of hydrogen-bond acceptors (Lipinski definition) is 9. The van der Waals surface area contributed by atoms with Gasteiger partial charge in [-0.15, -0.1) is 0 Å². The molecule has 1 aliphatic heterocycles. The Morgan fingerprint density at radius 1 is 0.608 bits per heavy atom. The van der Waals surface area contributed by atoms with Crippen LogP contribution in [0.3, 0.4) is 0 Å². The first-order valence-electron chi connectivity index (χ1n) is 16.5. The van der Waals surface area contributed by atoms with Crippen LogP contribution >= 0.6 is 7.82 Å². The highest BCUT2D eigenvalue weighted by Gasteiger charge is 2.51. The van der Waals surface area contributed by atoms with Gasteiger partial charge in [0.15, 0.2) is 6.29 Å². The molecule has 1 heterocycles. The molecule has 51 heavy (non-hydrogen) atoms. The fraction of sp³-hybridized carbons (Fsp3) is 0.231. The molecule has 0 bridgehead atoms. The van der Waals surface area contributed by atoms with Gasteiger partial charge in [0.1, 0.15) is 35.9 Å². The highest BCUT2D eigenvalue weighted by Crippen LogP contribution is 2.52. The third-order valence-electron chi connectivity index (χ3n) is 7.92. The molecule has 1 saturated heterocycles. The van der Waals surface area contributed by atoms with E-state index < -0.39 is 38.5 Å². The second kappa shape index (κ2) is 18.3. The zero-order valence-electron chi connectivity index (χ0n) is 27.7. The number of azide groups is 1. The van der Waals surface area contributed by atoms with Crippen LogP contribution in [-0.2, 0) is 47.9 Å². The van der Waals surface area contributed by atoms with E-state index in [1.54, 1.807) is 60.7 Å². The first kappa shape index (κ1) is 35.9. The molecule has 0 aromatic heterocycles. The smallest absolute Gasteiger partial charge is 0.395 e. The second-order valence-corrected chi connectivity index (χ2v) is 13.1. The molecule has 1 aliphatic rings. The van der Waals surface area contributed by atoms with Crippen molar-refractivity contribution in [2.24, 2.45) is 5.11 Å². The second-order valence-electron chi connectivity index (χ2n) is 11.6. The molecular weight excluding hydrogens is 669 g/mol. The zero-order chi connectivity index (χ0) is 35.1. The predicted octanol–water partition coefficient (Wildman–Crippen LogP) is 9.06. The molecule has 262 valence electrons. The van der Waals surface area contributed by atoms with Crippen molar-refractivity contribution in [1.82, 2.24) is 0 Å². The van der Waals surface area contributed by atoms with E-state index in [2.05, 4.69) is 10.0 Å². The van der Waals surface area contributed by atoms with Crippen molar-refractivity contribution in [2.75, 3.05) is 6.61 Å². The van der Waals surface area contributed by atoms with Crippen LogP contribution in [0.15, 0.2) is 157 Å². The van der Waals surface area contributed by atoms with E-state index in [0.29, 0.717) is 6.61 Å². The number of ether oxygens (including phenoxy) is 4. The Balaban J connectivity index is 1.34. The molecule has 0 spiro atoms. The van der Waals surface area contributed by atoms with E-state index >= 15 is 0 Å². The maximum atomic E-state index is 14.6. The summed E-state index contributed by atoms with van der Waals surface area (Å²) in [7, 11) is -4.52. The van der Waals surface area contributed by atoms with Crippen molar-refractivity contribution in [3.05, 3.63) is 179 Å². The molecule has 11 nitrogen and oxygen atoms in total. The molecule has 0 radical (unpaired) electrons. The lowest BCUT2D eigenvalue weighted by molar-refractivity contribution is -0.268. The third-order valence-corrected chi connectivity index (χ3v) is 9.25. The minimum absolute atomic E-state index is 0.0335. The Hall–Kier alpha value is -4.96. The highest BCUT2D eigenvalue weighted by molar-refractivity contribution is 7.49. The van der Waals surface area contributed by atoms with E-state index in [1.807, 2.05) is 91.0 Å². The van der Waals surface area contributed by atoms with Gasteiger partial charge in [0.2, 0.25) is 0 Å². The van der Waals surface area contributed by atoms with Crippen LogP contribution in [-0.4, -0.2) is 37.3 Å². The maximum absolute atomic E-state index is 14.6. The Kier molecular flexibility index (Phi) is 12.9. The van der Waals surface area contributed by atoms with Crippen molar-refractivity contribution in [3.63, 3.8) is 0 Å². The topological polar surface area (TPSA) is 130 Å². The zero-order valence-corrected chi connectivity index (χ0v) is 28.6. The number of rotatable bonds is 17. The number of nitrogens with zero attached hydrogens (tertiary/aromatic N) is 3. The Labute approximate surface area is 296 Å². The summed E-state index contributed by atoms with van der Waals surface area (Å²) in [5.41, 5.74) is 12.6. The molecule has 0 N–H and O–H groups in total. The van der Waals surface area contributed by atoms with Gasteiger partial charge in [-0.3, -0.25) is 0 Å². The van der Waals surface area contributed by atoms with E-state index in [-0.39, 0.29) is 31.3 Å². The van der Waals surface area contributed by atoms with Crippen molar-refractivity contribution in [2.45, 2.75) is 50.5 Å². The van der Waals surface area contributed by atoms with Crippen LogP contribution in [0.4, 0.5) is 0 Å². The monoisotopic (exact) mass is 707 g/mol. The average molecular weight is 708 g/mol. The molecule has 5 atom stereocenters. The molecule has 0 aliphatic carbocycles. The van der Waals surface area contributed by atoms with Gasteiger partial charge in [-0.25, -0.2) is 9.09 Å². The third kappa shape index (κ3) is 10.5. The SMILES string of the molecule is [N-]=[N+]=N[C@H]1[C@H](OP(=O)(Oc2ccccc2)Oc2ccccc2)O[C@H](COCc2ccccc2)[C@@H](OCc2ccccc2)[C@@H]1OCc1ccccc1. The van der Waals surface area contributed by atoms with Crippen LogP contribution < -0.4 is 9.05 Å². The van der Waals surface area contributed by atoms with Gasteiger partial charge in [-0.2, -0.15) is 0 Å². The summed E-state index contributed by atoms with van der Waals surface area (Å²) in [5.74, 6) is 0.466. The van der Waals surface area contributed by atoms with Crippen molar-refractivity contribution in [3.8, 4) is 11.5 Å². The minimum atomic E-state index is -4.52. The van der Waals surface area contributed by atoms with E-state index in [1.165, 1.54) is 0 Å². The quantitative estimate of drug-likeness (QED) is 0.0405. The minimum Gasteiger partial charge on any atom is -0.395 e. The van der Waals surface area contributed by atoms with Gasteiger partial charge in [0.05, 0.1) is 26.4 Å². The number of phosphoric acid groups is 1. The van der Waals surface area contributed by atoms with Gasteiger partial charge in [0.25, 0.3) is 0 Å². The van der Waals surface area contributed by atoms with Crippen LogP contribution in [0, 0.1) is 0 Å². The van der Waals surface area contributed by atoms with Crippen molar-refractivity contribution in [1.29, 1.82) is 0 Å². The molecule has 5 aromatic rings. The van der Waals surface area contributed by atoms with Gasteiger partial charge < -0.3 is 28.0 Å². The standard InChI is InChI=1S/C39H38N3O8P/c40-42-41-36-38(46-28-32-20-10-3-11-21-32)37(45-27-31-18-8-2-9-19-31)35(29-44-26-30-16-6-1-7-17-30)47-39(36)50-51(43,48-33-22-12-4-13-23-33)49-34-24-14-5-15-25-34/h1-25,35-39H,26-29H2/t35-,36-,37-,38-,39+/m1/s1. The molecule has 0 saturated carbocycles. The predicted molar refractivity (Wildman–Crippen MR) is 191 cm³/mol. The summed E-state index contributed by atoms with van der Waals surface area (Å²) in [6.45, 7) is 0.680. The molecule has 5 aromatic carbocycles. The van der Waals surface area contributed by atoms with Crippen molar-refractivity contribution >= 4 is 7.82 Å². The highest BCUT2D eigenvalue weighted by atomic mass is 31.2. The first-order valence-corrected chi connectivity index (χ1v) is 17.9. The summed E-state index contributed by atoms with van der Waals surface area (Å²) in [6.07, 6.45) is -4.07. The summed E-state index contributed by atoms with van der Waals surface area (Å²) < 4.78 is 58.3. The lowest BCUT2D eigenvalue weighted by Crippen LogP contribution is -2.60. The number of hydrogen-bond donors (Lipinski definition) is 0. The number of para-hydroxylation sites is 2. The lowest BCUT2D eigenvalue weighted by atomic mass is 9.96. The number of benzene rings is 5.